The minimum Gasteiger partial charge on any atom is -0.378 e. The van der Waals surface area contributed by atoms with Crippen molar-refractivity contribution in [2.45, 2.75) is 39.2 Å². The van der Waals surface area contributed by atoms with Gasteiger partial charge in [0.2, 0.25) is 5.91 Å². The number of carbonyl (C=O) groups is 1. The third-order valence-electron chi connectivity index (χ3n) is 3.17. The van der Waals surface area contributed by atoms with Crippen LogP contribution >= 0.6 is 0 Å². The highest BCUT2D eigenvalue weighted by molar-refractivity contribution is 5.78. The van der Waals surface area contributed by atoms with Crippen LogP contribution in [0.1, 0.15) is 33.1 Å². The zero-order valence-corrected chi connectivity index (χ0v) is 11.4. The van der Waals surface area contributed by atoms with E-state index in [-0.39, 0.29) is 5.91 Å². The van der Waals surface area contributed by atoms with Gasteiger partial charge in [0, 0.05) is 19.7 Å². The van der Waals surface area contributed by atoms with Gasteiger partial charge in [-0.05, 0) is 32.2 Å². The molecule has 0 saturated carbocycles. The van der Waals surface area contributed by atoms with E-state index in [0.717, 1.165) is 39.0 Å². The van der Waals surface area contributed by atoms with Crippen molar-refractivity contribution < 1.29 is 9.53 Å². The molecule has 0 aliphatic carbocycles. The molecule has 0 radical (unpaired) electrons. The number of piperidine rings is 1. The first kappa shape index (κ1) is 14.5. The number of rotatable bonds is 6. The molecule has 0 aromatic rings. The molecule has 4 nitrogen and oxygen atoms in total. The van der Waals surface area contributed by atoms with Gasteiger partial charge in [-0.15, -0.1) is 0 Å². The lowest BCUT2D eigenvalue weighted by atomic mass is 10.1. The average Bonchev–Trinajstić information content (AvgIpc) is 2.30. The fourth-order valence-electron chi connectivity index (χ4n) is 2.01. The lowest BCUT2D eigenvalue weighted by Gasteiger charge is -2.32. The highest BCUT2D eigenvalue weighted by Crippen LogP contribution is 2.14. The molecule has 4 heteroatoms. The lowest BCUT2D eigenvalue weighted by molar-refractivity contribution is -0.132. The van der Waals surface area contributed by atoms with Gasteiger partial charge in [0.15, 0.2) is 0 Å². The molecule has 0 spiro atoms. The van der Waals surface area contributed by atoms with Crippen LogP contribution in [0.3, 0.4) is 0 Å². The maximum Gasteiger partial charge on any atom is 0.236 e. The predicted molar refractivity (Wildman–Crippen MR) is 68.9 cm³/mol. The van der Waals surface area contributed by atoms with Crippen LogP contribution in [0.25, 0.3) is 0 Å². The number of likely N-dealkylation sites (tertiary alicyclic amines) is 1. The van der Waals surface area contributed by atoms with E-state index in [9.17, 15) is 4.79 Å². The van der Waals surface area contributed by atoms with Gasteiger partial charge in [-0.3, -0.25) is 4.79 Å². The van der Waals surface area contributed by atoms with Crippen molar-refractivity contribution in [1.29, 1.82) is 0 Å². The second-order valence-electron chi connectivity index (χ2n) is 5.16. The topological polar surface area (TPSA) is 41.6 Å². The Bertz CT molecular complexity index is 223. The number of hydrogen-bond acceptors (Lipinski definition) is 3. The van der Waals surface area contributed by atoms with Crippen molar-refractivity contribution in [3.63, 3.8) is 0 Å². The summed E-state index contributed by atoms with van der Waals surface area (Å²) in [4.78, 5) is 13.6. The number of hydrogen-bond donors (Lipinski definition) is 1. The molecule has 0 aromatic carbocycles. The van der Waals surface area contributed by atoms with Gasteiger partial charge in [-0.25, -0.2) is 0 Å². The highest BCUT2D eigenvalue weighted by atomic mass is 16.5. The number of likely N-dealkylation sites (N-methyl/N-ethyl adjacent to an activating group) is 1. The number of nitrogens with zero attached hydrogens (tertiary/aromatic N) is 1. The van der Waals surface area contributed by atoms with Gasteiger partial charge >= 0.3 is 0 Å². The van der Waals surface area contributed by atoms with Gasteiger partial charge in [-0.1, -0.05) is 13.8 Å². The summed E-state index contributed by atoms with van der Waals surface area (Å²) in [6.07, 6.45) is 3.44. The maximum absolute atomic E-state index is 11.6. The Balaban J connectivity index is 2.15. The molecular formula is C13H26N2O2. The maximum atomic E-state index is 11.6. The first-order chi connectivity index (χ1) is 8.13. The summed E-state index contributed by atoms with van der Waals surface area (Å²) >= 11 is 0. The van der Waals surface area contributed by atoms with E-state index in [1.807, 2.05) is 4.90 Å². The van der Waals surface area contributed by atoms with E-state index in [1.165, 1.54) is 0 Å². The zero-order valence-electron chi connectivity index (χ0n) is 11.4. The molecule has 1 aliphatic rings. The Morgan fingerprint density at radius 2 is 2.06 bits per heavy atom. The van der Waals surface area contributed by atoms with Gasteiger partial charge in [-0.2, -0.15) is 0 Å². The summed E-state index contributed by atoms with van der Waals surface area (Å²) in [5.74, 6) is 0.903. The van der Waals surface area contributed by atoms with Crippen LogP contribution in [0.15, 0.2) is 0 Å². The third kappa shape index (κ3) is 5.50. The number of nitrogens with one attached hydrogen (secondary N) is 1. The summed E-state index contributed by atoms with van der Waals surface area (Å²) in [6, 6.07) is 0. The molecule has 100 valence electrons. The zero-order chi connectivity index (χ0) is 12.7. The van der Waals surface area contributed by atoms with Gasteiger partial charge in [0.25, 0.3) is 0 Å². The first-order valence-corrected chi connectivity index (χ1v) is 6.67. The smallest absolute Gasteiger partial charge is 0.236 e. The van der Waals surface area contributed by atoms with Crippen LogP contribution in [-0.4, -0.2) is 50.2 Å². The van der Waals surface area contributed by atoms with E-state index in [2.05, 4.69) is 19.2 Å². The van der Waals surface area contributed by atoms with Crippen LogP contribution in [0, 0.1) is 5.92 Å². The number of carbonyl (C=O) groups excluding carboxylic acids is 1. The molecule has 1 rings (SSSR count). The quantitative estimate of drug-likeness (QED) is 0.762. The third-order valence-corrected chi connectivity index (χ3v) is 3.17. The highest BCUT2D eigenvalue weighted by Gasteiger charge is 2.22. The summed E-state index contributed by atoms with van der Waals surface area (Å²) < 4.78 is 5.83. The van der Waals surface area contributed by atoms with Gasteiger partial charge in [0.1, 0.15) is 0 Å². The predicted octanol–water partition coefficient (Wildman–Crippen LogP) is 1.26. The van der Waals surface area contributed by atoms with Crippen molar-refractivity contribution in [3.8, 4) is 0 Å². The largest absolute Gasteiger partial charge is 0.378 e. The Labute approximate surface area is 105 Å². The molecule has 0 aromatic heterocycles. The molecule has 1 heterocycles. The summed E-state index contributed by atoms with van der Waals surface area (Å²) in [5.41, 5.74) is 0. The standard InChI is InChI=1S/C13H26N2O2/c1-11(2)6-9-17-12-4-7-15(8-5-12)13(16)10-14-3/h11-12,14H,4-10H2,1-3H3. The number of amides is 1. The van der Waals surface area contributed by atoms with Crippen molar-refractivity contribution in [3.05, 3.63) is 0 Å². The van der Waals surface area contributed by atoms with Crippen molar-refractivity contribution >= 4 is 5.91 Å². The molecule has 1 aliphatic heterocycles. The SMILES string of the molecule is CNCC(=O)N1CCC(OCCC(C)C)CC1. The van der Waals surface area contributed by atoms with Crippen molar-refractivity contribution in [2.24, 2.45) is 5.92 Å². The second-order valence-corrected chi connectivity index (χ2v) is 5.16. The molecule has 1 amide bonds. The van der Waals surface area contributed by atoms with Crippen LogP contribution < -0.4 is 5.32 Å². The molecule has 1 N–H and O–H groups in total. The summed E-state index contributed by atoms with van der Waals surface area (Å²) in [6.45, 7) is 7.40. The van der Waals surface area contributed by atoms with Crippen molar-refractivity contribution in [2.75, 3.05) is 33.3 Å². The van der Waals surface area contributed by atoms with E-state index < -0.39 is 0 Å². The molecular weight excluding hydrogens is 216 g/mol. The molecule has 0 unspecified atom stereocenters. The minimum atomic E-state index is 0.202. The normalized spacial score (nSPS) is 17.8. The van der Waals surface area contributed by atoms with Crippen LogP contribution in [0.2, 0.25) is 0 Å². The number of ether oxygens (including phenoxy) is 1. The van der Waals surface area contributed by atoms with Gasteiger partial charge < -0.3 is 15.0 Å². The van der Waals surface area contributed by atoms with Crippen LogP contribution in [0.5, 0.6) is 0 Å². The van der Waals surface area contributed by atoms with E-state index >= 15 is 0 Å². The molecule has 17 heavy (non-hydrogen) atoms. The molecule has 1 saturated heterocycles. The second kappa shape index (κ2) is 7.67. The summed E-state index contributed by atoms with van der Waals surface area (Å²) in [7, 11) is 1.81. The van der Waals surface area contributed by atoms with E-state index in [0.29, 0.717) is 18.6 Å². The lowest BCUT2D eigenvalue weighted by Crippen LogP contribution is -2.44. The Hall–Kier alpha value is -0.610. The molecule has 1 fully saturated rings. The van der Waals surface area contributed by atoms with Crippen LogP contribution in [0.4, 0.5) is 0 Å². The van der Waals surface area contributed by atoms with Crippen molar-refractivity contribution in [1.82, 2.24) is 10.2 Å². The molecule has 0 bridgehead atoms. The Morgan fingerprint density at radius 3 is 2.59 bits per heavy atom. The molecule has 0 atom stereocenters. The Morgan fingerprint density at radius 1 is 1.41 bits per heavy atom. The van der Waals surface area contributed by atoms with E-state index in [1.54, 1.807) is 7.05 Å². The fourth-order valence-corrected chi connectivity index (χ4v) is 2.01. The average molecular weight is 242 g/mol. The minimum absolute atomic E-state index is 0.202. The summed E-state index contributed by atoms with van der Waals surface area (Å²) in [5, 5.41) is 2.90. The van der Waals surface area contributed by atoms with E-state index in [4.69, 9.17) is 4.74 Å². The monoisotopic (exact) mass is 242 g/mol. The van der Waals surface area contributed by atoms with Gasteiger partial charge in [0.05, 0.1) is 12.6 Å². The Kier molecular flexibility index (Phi) is 6.52. The first-order valence-electron chi connectivity index (χ1n) is 6.67. The fraction of sp³-hybridized carbons (Fsp3) is 0.923. The van der Waals surface area contributed by atoms with Crippen LogP contribution in [-0.2, 0) is 9.53 Å².